The van der Waals surface area contributed by atoms with Crippen LogP contribution in [0.15, 0.2) is 47.9 Å². The van der Waals surface area contributed by atoms with E-state index >= 15 is 0 Å². The number of aromatic nitrogens is 2. The normalized spacial score (nSPS) is 22.2. The Morgan fingerprint density at radius 1 is 1.34 bits per heavy atom. The summed E-state index contributed by atoms with van der Waals surface area (Å²) in [5, 5.41) is 9.74. The van der Waals surface area contributed by atoms with E-state index in [4.69, 9.17) is 4.74 Å². The predicted octanol–water partition coefficient (Wildman–Crippen LogP) is 2.41. The SMILES string of the molecule is C/C=C/c1ccc2c(c1)O[C@@H](CN(C)Cc1cncnc1)[C@@H](C)CN([C@@H](C)CO)S2(=O)=O. The van der Waals surface area contributed by atoms with Crippen molar-refractivity contribution in [3.63, 3.8) is 0 Å². The van der Waals surface area contributed by atoms with Crippen molar-refractivity contribution in [1.82, 2.24) is 19.2 Å². The van der Waals surface area contributed by atoms with Crippen LogP contribution in [0, 0.1) is 5.92 Å². The number of hydrogen-bond acceptors (Lipinski definition) is 7. The van der Waals surface area contributed by atoms with Gasteiger partial charge in [0.2, 0.25) is 10.0 Å². The second-order valence-corrected chi connectivity index (χ2v) is 10.2. The van der Waals surface area contributed by atoms with E-state index in [1.165, 1.54) is 10.6 Å². The molecule has 0 saturated carbocycles. The van der Waals surface area contributed by atoms with E-state index in [0.717, 1.165) is 11.1 Å². The molecule has 0 fully saturated rings. The topological polar surface area (TPSA) is 95.9 Å². The first kappa shape index (κ1) is 24.3. The fourth-order valence-electron chi connectivity index (χ4n) is 3.85. The van der Waals surface area contributed by atoms with Gasteiger partial charge in [-0.1, -0.05) is 25.1 Å². The second-order valence-electron chi connectivity index (χ2n) is 8.39. The lowest BCUT2D eigenvalue weighted by molar-refractivity contribution is 0.0733. The lowest BCUT2D eigenvalue weighted by Gasteiger charge is -2.37. The van der Waals surface area contributed by atoms with Crippen LogP contribution >= 0.6 is 0 Å². The van der Waals surface area contributed by atoms with E-state index in [0.29, 0.717) is 18.8 Å². The monoisotopic (exact) mass is 460 g/mol. The van der Waals surface area contributed by atoms with Gasteiger partial charge in [-0.2, -0.15) is 4.31 Å². The Labute approximate surface area is 190 Å². The third-order valence-electron chi connectivity index (χ3n) is 5.61. The zero-order valence-corrected chi connectivity index (χ0v) is 19.9. The number of aliphatic hydroxyl groups is 1. The number of hydrogen-bond donors (Lipinski definition) is 1. The van der Waals surface area contributed by atoms with Crippen molar-refractivity contribution in [2.75, 3.05) is 26.7 Å². The van der Waals surface area contributed by atoms with E-state index in [2.05, 4.69) is 14.9 Å². The molecule has 3 atom stereocenters. The van der Waals surface area contributed by atoms with Gasteiger partial charge >= 0.3 is 0 Å². The number of sulfonamides is 1. The van der Waals surface area contributed by atoms with Crippen molar-refractivity contribution < 1.29 is 18.3 Å². The summed E-state index contributed by atoms with van der Waals surface area (Å²) in [6, 6.07) is 4.59. The average molecular weight is 461 g/mol. The van der Waals surface area contributed by atoms with Crippen LogP contribution in [0.3, 0.4) is 0 Å². The van der Waals surface area contributed by atoms with Gasteiger partial charge in [0, 0.05) is 49.6 Å². The maximum atomic E-state index is 13.5. The van der Waals surface area contributed by atoms with Crippen molar-refractivity contribution in [3.8, 4) is 5.75 Å². The molecule has 1 aromatic carbocycles. The van der Waals surface area contributed by atoms with E-state index < -0.39 is 16.1 Å². The van der Waals surface area contributed by atoms with Crippen molar-refractivity contribution in [1.29, 1.82) is 0 Å². The second kappa shape index (κ2) is 10.5. The van der Waals surface area contributed by atoms with Crippen LogP contribution in [0.2, 0.25) is 0 Å². The minimum absolute atomic E-state index is 0.105. The van der Waals surface area contributed by atoms with Crippen molar-refractivity contribution >= 4 is 16.1 Å². The Kier molecular flexibility index (Phi) is 8.00. The van der Waals surface area contributed by atoms with Crippen LogP contribution in [0.5, 0.6) is 5.75 Å². The summed E-state index contributed by atoms with van der Waals surface area (Å²) in [5.41, 5.74) is 1.85. The zero-order chi connectivity index (χ0) is 23.3. The van der Waals surface area contributed by atoms with Crippen molar-refractivity contribution in [2.45, 2.75) is 44.4 Å². The molecule has 0 amide bonds. The molecule has 0 bridgehead atoms. The first-order valence-corrected chi connectivity index (χ1v) is 12.2. The van der Waals surface area contributed by atoms with Gasteiger partial charge in [0.25, 0.3) is 0 Å². The number of aliphatic hydroxyl groups excluding tert-OH is 1. The molecule has 8 nitrogen and oxygen atoms in total. The van der Waals surface area contributed by atoms with Crippen LogP contribution in [0.4, 0.5) is 0 Å². The Balaban J connectivity index is 1.97. The summed E-state index contributed by atoms with van der Waals surface area (Å²) in [6.45, 7) is 6.85. The highest BCUT2D eigenvalue weighted by Gasteiger charge is 2.38. The maximum absolute atomic E-state index is 13.5. The van der Waals surface area contributed by atoms with Crippen LogP contribution in [0.1, 0.15) is 31.9 Å². The molecular formula is C23H32N4O4S. The number of nitrogens with zero attached hydrogens (tertiary/aromatic N) is 4. The molecule has 1 aliphatic rings. The molecular weight excluding hydrogens is 428 g/mol. The van der Waals surface area contributed by atoms with Crippen LogP contribution < -0.4 is 4.74 Å². The van der Waals surface area contributed by atoms with Gasteiger partial charge in [-0.3, -0.25) is 4.90 Å². The minimum atomic E-state index is -3.82. The fraction of sp³-hybridized carbons (Fsp3) is 0.478. The molecule has 3 rings (SSSR count). The molecule has 2 aromatic rings. The molecule has 1 aromatic heterocycles. The quantitative estimate of drug-likeness (QED) is 0.678. The molecule has 0 radical (unpaired) electrons. The summed E-state index contributed by atoms with van der Waals surface area (Å²) in [4.78, 5) is 10.4. The molecule has 174 valence electrons. The number of rotatable bonds is 7. The van der Waals surface area contributed by atoms with Gasteiger partial charge in [-0.05, 0) is 38.6 Å². The van der Waals surface area contributed by atoms with Crippen molar-refractivity contribution in [2.24, 2.45) is 5.92 Å². The summed E-state index contributed by atoms with van der Waals surface area (Å²) >= 11 is 0. The highest BCUT2D eigenvalue weighted by atomic mass is 32.2. The average Bonchev–Trinajstić information content (AvgIpc) is 2.76. The Bertz CT molecular complexity index is 1030. The molecule has 0 spiro atoms. The molecule has 1 N–H and O–H groups in total. The van der Waals surface area contributed by atoms with Crippen molar-refractivity contribution in [3.05, 3.63) is 54.1 Å². The van der Waals surface area contributed by atoms with Gasteiger partial charge in [0.05, 0.1) is 6.61 Å². The Hall–Kier alpha value is -2.33. The molecule has 0 aliphatic carbocycles. The Morgan fingerprint density at radius 2 is 2.06 bits per heavy atom. The van der Waals surface area contributed by atoms with E-state index in [9.17, 15) is 13.5 Å². The summed E-state index contributed by atoms with van der Waals surface area (Å²) in [6.07, 6.45) is 8.61. The van der Waals surface area contributed by atoms with E-state index in [-0.39, 0.29) is 30.1 Å². The molecule has 0 unspecified atom stereocenters. The minimum Gasteiger partial charge on any atom is -0.487 e. The van der Waals surface area contributed by atoms with Crippen LogP contribution in [0.25, 0.3) is 6.08 Å². The third-order valence-corrected chi connectivity index (χ3v) is 7.63. The fourth-order valence-corrected chi connectivity index (χ4v) is 5.68. The smallest absolute Gasteiger partial charge is 0.247 e. The molecule has 0 saturated heterocycles. The third kappa shape index (κ3) is 5.53. The lowest BCUT2D eigenvalue weighted by atomic mass is 10.0. The molecule has 2 heterocycles. The number of ether oxygens (including phenoxy) is 1. The van der Waals surface area contributed by atoms with Gasteiger partial charge < -0.3 is 9.84 Å². The highest BCUT2D eigenvalue weighted by molar-refractivity contribution is 7.89. The number of allylic oxidation sites excluding steroid dienone is 1. The standard InChI is InChI=1S/C23H32N4O4S/c1-5-6-19-7-8-23-21(9-19)31-22(14-26(4)13-20-10-24-16-25-11-20)17(2)12-27(18(3)15-28)32(23,29)30/h5-11,16-18,22,28H,12-15H2,1-4H3/b6-5+/t17-,18-,22-/m0/s1. The highest BCUT2D eigenvalue weighted by Crippen LogP contribution is 2.34. The molecule has 32 heavy (non-hydrogen) atoms. The summed E-state index contributed by atoms with van der Waals surface area (Å²) < 4.78 is 34.7. The largest absolute Gasteiger partial charge is 0.487 e. The predicted molar refractivity (Wildman–Crippen MR) is 124 cm³/mol. The zero-order valence-electron chi connectivity index (χ0n) is 19.0. The van der Waals surface area contributed by atoms with Crippen LogP contribution in [-0.4, -0.2) is 71.6 Å². The summed E-state index contributed by atoms with van der Waals surface area (Å²) in [5.74, 6) is 0.232. The maximum Gasteiger partial charge on any atom is 0.247 e. The van der Waals surface area contributed by atoms with Gasteiger partial charge in [-0.25, -0.2) is 18.4 Å². The number of benzene rings is 1. The van der Waals surface area contributed by atoms with Crippen LogP contribution in [-0.2, 0) is 16.6 Å². The number of likely N-dealkylation sites (N-methyl/N-ethyl adjacent to an activating group) is 1. The molecule has 1 aliphatic heterocycles. The first-order valence-electron chi connectivity index (χ1n) is 10.7. The van der Waals surface area contributed by atoms with E-state index in [1.807, 2.05) is 33.0 Å². The number of fused-ring (bicyclic) bond motifs is 1. The lowest BCUT2D eigenvalue weighted by Crippen LogP contribution is -2.49. The van der Waals surface area contributed by atoms with Gasteiger partial charge in [0.15, 0.2) is 0 Å². The molecule has 9 heteroatoms. The van der Waals surface area contributed by atoms with E-state index in [1.54, 1.807) is 37.5 Å². The Morgan fingerprint density at radius 3 is 2.72 bits per heavy atom. The van der Waals surface area contributed by atoms with Gasteiger partial charge in [0.1, 0.15) is 23.1 Å². The summed E-state index contributed by atoms with van der Waals surface area (Å²) in [7, 11) is -1.83. The van der Waals surface area contributed by atoms with Gasteiger partial charge in [-0.15, -0.1) is 0 Å². The first-order chi connectivity index (χ1) is 15.3.